The number of phenolic OH excluding ortho intramolecular Hbond substituents is 3. The predicted octanol–water partition coefficient (Wildman–Crippen LogP) is 10.3. The number of aromatic hydroxyl groups is 3. The SMILES string of the molecule is COc1cc(O)c(C(C)(C)c2ccc(OS(=O)(=O)c3cccc4c(O)c([N+]#N)ccc34)cc2)cc1C(C)(C)c1ccc(OS(=O)(=O)c2cccc3c(O)c([N+]#N)ccc23)cc1. The van der Waals surface area contributed by atoms with Gasteiger partial charge in [0.05, 0.1) is 7.11 Å². The molecule has 0 spiro atoms. The van der Waals surface area contributed by atoms with Gasteiger partial charge in [-0.1, -0.05) is 76.2 Å². The Morgan fingerprint density at radius 3 is 1.33 bits per heavy atom. The fourth-order valence-electron chi connectivity index (χ4n) is 7.44. The van der Waals surface area contributed by atoms with Gasteiger partial charge in [0.15, 0.2) is 9.95 Å². The van der Waals surface area contributed by atoms with Crippen LogP contribution in [0.25, 0.3) is 31.5 Å². The second-order valence-electron chi connectivity index (χ2n) is 15.2. The van der Waals surface area contributed by atoms with Crippen molar-refractivity contribution in [2.45, 2.75) is 48.3 Å². The quantitative estimate of drug-likeness (QED) is 0.0819. The maximum Gasteiger partial charge on any atom is 0.426 e. The van der Waals surface area contributed by atoms with Crippen LogP contribution in [0.1, 0.15) is 49.9 Å². The molecule has 61 heavy (non-hydrogen) atoms. The van der Waals surface area contributed by atoms with Gasteiger partial charge in [-0.3, -0.25) is 0 Å². The standard InChI is InChI=1S/C45H36N4O10S2/c1-44(2,26-12-16-28(17-13-26)58-60(53,54)40-10-6-8-32-30(40)20-22-36(48-46)42(32)51)34-24-35(39(57-5)25-38(34)50)45(3,4)27-14-18-29(19-15-27)59-61(55,56)41-11-7-9-33-31(41)21-23-37(49-47)43(33)52/h6-25H,1-5H3,(H-2,50,51,52)/p+2. The maximum absolute atomic E-state index is 13.5. The first-order chi connectivity index (χ1) is 28.8. The lowest BCUT2D eigenvalue weighted by Crippen LogP contribution is -2.24. The van der Waals surface area contributed by atoms with E-state index < -0.39 is 31.1 Å². The molecule has 0 heterocycles. The average Bonchev–Trinajstić information content (AvgIpc) is 3.23. The third-order valence-corrected chi connectivity index (χ3v) is 13.5. The Labute approximate surface area is 351 Å². The Hall–Kier alpha value is -7.40. The zero-order chi connectivity index (χ0) is 44.1. The summed E-state index contributed by atoms with van der Waals surface area (Å²) in [6.07, 6.45) is 0. The summed E-state index contributed by atoms with van der Waals surface area (Å²) in [5.41, 5.74) is 0.857. The topological polar surface area (TPSA) is 213 Å². The minimum Gasteiger partial charge on any atom is -0.507 e. The van der Waals surface area contributed by atoms with Gasteiger partial charge in [-0.05, 0) is 65.7 Å². The molecular formula is C45H38N4O10S2+2. The van der Waals surface area contributed by atoms with Crippen molar-refractivity contribution in [3.05, 3.63) is 154 Å². The third kappa shape index (κ3) is 7.43. The van der Waals surface area contributed by atoms with Crippen LogP contribution >= 0.6 is 0 Å². The molecule has 0 aromatic heterocycles. The first kappa shape index (κ1) is 41.7. The molecule has 0 aliphatic carbocycles. The lowest BCUT2D eigenvalue weighted by atomic mass is 9.72. The molecule has 0 fully saturated rings. The van der Waals surface area contributed by atoms with Crippen molar-refractivity contribution in [3.8, 4) is 34.5 Å². The first-order valence-corrected chi connectivity index (χ1v) is 21.4. The summed E-state index contributed by atoms with van der Waals surface area (Å²) in [7, 11) is -7.29. The molecule has 0 unspecified atom stereocenters. The highest BCUT2D eigenvalue weighted by Gasteiger charge is 2.34. The highest BCUT2D eigenvalue weighted by molar-refractivity contribution is 7.87. The molecule has 7 rings (SSSR count). The van der Waals surface area contributed by atoms with Crippen LogP contribution in [0, 0.1) is 10.8 Å². The summed E-state index contributed by atoms with van der Waals surface area (Å²) >= 11 is 0. The van der Waals surface area contributed by atoms with E-state index in [4.69, 9.17) is 23.9 Å². The zero-order valence-electron chi connectivity index (χ0n) is 33.4. The van der Waals surface area contributed by atoms with Gasteiger partial charge in [-0.2, -0.15) is 16.8 Å². The van der Waals surface area contributed by atoms with Gasteiger partial charge in [-0.15, -0.1) is 0 Å². The van der Waals surface area contributed by atoms with E-state index in [0.29, 0.717) is 22.4 Å². The summed E-state index contributed by atoms with van der Waals surface area (Å²) in [5, 5.41) is 51.3. The van der Waals surface area contributed by atoms with Gasteiger partial charge in [-0.25, -0.2) is 0 Å². The van der Waals surface area contributed by atoms with Gasteiger partial charge in [0.2, 0.25) is 22.3 Å². The Kier molecular flexibility index (Phi) is 10.5. The summed E-state index contributed by atoms with van der Waals surface area (Å²) < 4.78 is 70.7. The lowest BCUT2D eigenvalue weighted by Gasteiger charge is -2.32. The Morgan fingerprint density at radius 1 is 0.525 bits per heavy atom. The van der Waals surface area contributed by atoms with Crippen LogP contribution in [0.2, 0.25) is 0 Å². The van der Waals surface area contributed by atoms with Crippen LogP contribution in [0.15, 0.2) is 131 Å². The fraction of sp³-hybridized carbons (Fsp3) is 0.156. The minimum atomic E-state index is -4.39. The summed E-state index contributed by atoms with van der Waals surface area (Å²) in [4.78, 5) is 5.66. The number of methoxy groups -OCH3 is 1. The number of diazo groups is 2. The number of phenols is 3. The van der Waals surface area contributed by atoms with E-state index in [1.165, 1.54) is 98.1 Å². The number of rotatable bonds is 11. The van der Waals surface area contributed by atoms with Gasteiger partial charge < -0.3 is 28.4 Å². The van der Waals surface area contributed by atoms with Gasteiger partial charge >= 0.3 is 31.6 Å². The second-order valence-corrected chi connectivity index (χ2v) is 18.2. The molecular weight excluding hydrogens is 821 g/mol. The van der Waals surface area contributed by atoms with Gasteiger partial charge in [0.25, 0.3) is 0 Å². The normalized spacial score (nSPS) is 12.1. The number of hydrogen-bond acceptors (Lipinski definition) is 12. The molecule has 7 aromatic rings. The zero-order valence-corrected chi connectivity index (χ0v) is 35.0. The highest BCUT2D eigenvalue weighted by Crippen LogP contribution is 2.46. The van der Waals surface area contributed by atoms with Crippen molar-refractivity contribution in [2.24, 2.45) is 0 Å². The number of hydrogen-bond donors (Lipinski definition) is 3. The van der Waals surface area contributed by atoms with Crippen molar-refractivity contribution in [1.82, 2.24) is 0 Å². The smallest absolute Gasteiger partial charge is 0.426 e. The monoisotopic (exact) mass is 858 g/mol. The predicted molar refractivity (Wildman–Crippen MR) is 228 cm³/mol. The Balaban J connectivity index is 1.15. The van der Waals surface area contributed by atoms with Crippen LogP contribution in [0.3, 0.4) is 0 Å². The minimum absolute atomic E-state index is 0.0214. The van der Waals surface area contributed by atoms with Crippen molar-refractivity contribution >= 4 is 53.2 Å². The number of benzene rings is 7. The van der Waals surface area contributed by atoms with Crippen molar-refractivity contribution in [2.75, 3.05) is 7.11 Å². The first-order valence-electron chi connectivity index (χ1n) is 18.6. The molecule has 308 valence electrons. The fourth-order valence-corrected chi connectivity index (χ4v) is 9.73. The van der Waals surface area contributed by atoms with Crippen molar-refractivity contribution < 1.29 is 45.3 Å². The van der Waals surface area contributed by atoms with Crippen molar-refractivity contribution in [1.29, 1.82) is 10.8 Å². The van der Waals surface area contributed by atoms with Crippen LogP contribution in [0.4, 0.5) is 11.4 Å². The Morgan fingerprint density at radius 2 is 0.934 bits per heavy atom. The Bertz CT molecular complexity index is 3210. The third-order valence-electron chi connectivity index (χ3n) is 10.9. The van der Waals surface area contributed by atoms with Crippen LogP contribution in [-0.2, 0) is 31.1 Å². The molecule has 0 aliphatic heterocycles. The molecule has 3 N–H and O–H groups in total. The van der Waals surface area contributed by atoms with E-state index in [1.807, 2.05) is 33.8 Å². The summed E-state index contributed by atoms with van der Waals surface area (Å²) in [5.74, 6) is -0.348. The van der Waals surface area contributed by atoms with E-state index in [0.717, 1.165) is 5.56 Å². The molecule has 0 amide bonds. The molecule has 14 nitrogen and oxygen atoms in total. The summed E-state index contributed by atoms with van der Waals surface area (Å²) in [6, 6.07) is 30.2. The lowest BCUT2D eigenvalue weighted by molar-refractivity contribution is 0.390. The molecule has 0 saturated heterocycles. The number of fused-ring (bicyclic) bond motifs is 2. The molecule has 0 aliphatic rings. The maximum atomic E-state index is 13.5. The van der Waals surface area contributed by atoms with Crippen LogP contribution in [-0.4, -0.2) is 39.3 Å². The van der Waals surface area contributed by atoms with Crippen LogP contribution in [0.5, 0.6) is 34.5 Å². The van der Waals surface area contributed by atoms with E-state index in [-0.39, 0.29) is 71.5 Å². The second kappa shape index (κ2) is 15.3. The van der Waals surface area contributed by atoms with Gasteiger partial charge in [0.1, 0.15) is 32.8 Å². The molecule has 0 radical (unpaired) electrons. The largest absolute Gasteiger partial charge is 0.507 e. The highest BCUT2D eigenvalue weighted by atomic mass is 32.2. The van der Waals surface area contributed by atoms with E-state index in [2.05, 4.69) is 9.95 Å². The molecule has 16 heteroatoms. The van der Waals surface area contributed by atoms with E-state index >= 15 is 0 Å². The van der Waals surface area contributed by atoms with E-state index in [9.17, 15) is 32.2 Å². The van der Waals surface area contributed by atoms with E-state index in [1.54, 1.807) is 24.3 Å². The average molecular weight is 859 g/mol. The van der Waals surface area contributed by atoms with Crippen molar-refractivity contribution in [3.63, 3.8) is 0 Å². The molecule has 0 bridgehead atoms. The number of ether oxygens (including phenoxy) is 1. The van der Waals surface area contributed by atoms with Gasteiger partial charge in [0, 0.05) is 61.7 Å². The molecule has 0 saturated carbocycles. The molecule has 7 aromatic carbocycles. The number of nitrogens with zero attached hydrogens (tertiary/aromatic N) is 4. The summed E-state index contributed by atoms with van der Waals surface area (Å²) in [6.45, 7) is 7.70. The molecule has 0 atom stereocenters. The van der Waals surface area contributed by atoms with Crippen LogP contribution < -0.4 is 13.1 Å².